The topological polar surface area (TPSA) is 113 Å². The Labute approximate surface area is 157 Å². The van der Waals surface area contributed by atoms with E-state index in [4.69, 9.17) is 0 Å². The minimum atomic E-state index is -4.12. The third-order valence-electron chi connectivity index (χ3n) is 5.33. The Balaban J connectivity index is 1.58. The first-order chi connectivity index (χ1) is 12.9. The molecule has 1 heterocycles. The highest BCUT2D eigenvalue weighted by molar-refractivity contribution is 7.90. The number of hydrogen-bond donors (Lipinski definition) is 3. The molecular formula is C18H22N4O4S. The molecule has 2 amide bonds. The lowest BCUT2D eigenvalue weighted by molar-refractivity contribution is 0.256. The number of hydrogen-bond acceptors (Lipinski definition) is 5. The molecule has 4 rings (SSSR count). The van der Waals surface area contributed by atoms with Gasteiger partial charge in [0, 0.05) is 18.8 Å². The Morgan fingerprint density at radius 1 is 1.15 bits per heavy atom. The number of sulfonamides is 1. The summed E-state index contributed by atoms with van der Waals surface area (Å²) < 4.78 is 28.2. The molecule has 0 atom stereocenters. The number of nitrogens with one attached hydrogen (secondary N) is 2. The maximum atomic E-state index is 12.5. The van der Waals surface area contributed by atoms with Crippen molar-refractivity contribution in [2.24, 2.45) is 7.05 Å². The number of carbonyl (C=O) groups excluding carboxylic acids is 1. The standard InChI is InChI=1S/C18H22N4O4S/c1-22-13(10-23)9-16(20-22)27(25,26)21-18(24)19-17-14-6-2-4-11(14)8-12-5-3-7-15(12)17/h8-9,23H,2-7,10H2,1H3,(H2,19,21,24). The number of nitrogens with zero attached hydrogens (tertiary/aromatic N) is 2. The Kier molecular flexibility index (Phi) is 4.43. The first-order valence-corrected chi connectivity index (χ1v) is 10.5. The number of aliphatic hydroxyl groups is 1. The van der Waals surface area contributed by atoms with Gasteiger partial charge in [-0.05, 0) is 60.8 Å². The van der Waals surface area contributed by atoms with E-state index < -0.39 is 16.1 Å². The minimum Gasteiger partial charge on any atom is -0.390 e. The van der Waals surface area contributed by atoms with E-state index in [0.717, 1.165) is 55.3 Å². The van der Waals surface area contributed by atoms with Gasteiger partial charge in [-0.3, -0.25) is 4.68 Å². The SMILES string of the molecule is Cn1nc(S(=O)(=O)NC(=O)Nc2c3c(cc4c2CCC4)CCC3)cc1CO. The fourth-order valence-corrected chi connectivity index (χ4v) is 4.96. The highest BCUT2D eigenvalue weighted by atomic mass is 32.2. The molecule has 27 heavy (non-hydrogen) atoms. The first kappa shape index (κ1) is 18.0. The van der Waals surface area contributed by atoms with Crippen molar-refractivity contribution in [3.05, 3.63) is 40.1 Å². The van der Waals surface area contributed by atoms with Crippen LogP contribution in [0.25, 0.3) is 0 Å². The molecule has 3 N–H and O–H groups in total. The van der Waals surface area contributed by atoms with Gasteiger partial charge in [-0.2, -0.15) is 13.5 Å². The fourth-order valence-electron chi connectivity index (χ4n) is 4.04. The second-order valence-corrected chi connectivity index (χ2v) is 8.68. The van der Waals surface area contributed by atoms with Crippen LogP contribution in [0.1, 0.15) is 40.8 Å². The Bertz CT molecular complexity index is 994. The predicted octanol–water partition coefficient (Wildman–Crippen LogP) is 1.40. The molecular weight excluding hydrogens is 368 g/mol. The molecule has 0 fully saturated rings. The van der Waals surface area contributed by atoms with Crippen LogP contribution in [0.15, 0.2) is 17.2 Å². The quantitative estimate of drug-likeness (QED) is 0.730. The summed E-state index contributed by atoms with van der Waals surface area (Å²) in [5.74, 6) is 0. The van der Waals surface area contributed by atoms with E-state index in [9.17, 15) is 18.3 Å². The van der Waals surface area contributed by atoms with Gasteiger partial charge in [0.1, 0.15) is 0 Å². The Morgan fingerprint density at radius 3 is 2.33 bits per heavy atom. The second kappa shape index (κ2) is 6.65. The monoisotopic (exact) mass is 390 g/mol. The number of urea groups is 1. The number of rotatable bonds is 4. The van der Waals surface area contributed by atoms with Crippen LogP contribution in [-0.4, -0.2) is 29.3 Å². The molecule has 9 heteroatoms. The smallest absolute Gasteiger partial charge is 0.333 e. The van der Waals surface area contributed by atoms with Crippen molar-refractivity contribution in [1.82, 2.24) is 14.5 Å². The number of benzene rings is 1. The lowest BCUT2D eigenvalue weighted by atomic mass is 9.99. The summed E-state index contributed by atoms with van der Waals surface area (Å²) in [7, 11) is -2.60. The van der Waals surface area contributed by atoms with Crippen molar-refractivity contribution >= 4 is 21.7 Å². The first-order valence-electron chi connectivity index (χ1n) is 9.03. The number of anilines is 1. The molecule has 2 aromatic rings. The van der Waals surface area contributed by atoms with Crippen molar-refractivity contribution in [1.29, 1.82) is 0 Å². The maximum absolute atomic E-state index is 12.5. The number of aryl methyl sites for hydroxylation is 3. The van der Waals surface area contributed by atoms with E-state index in [-0.39, 0.29) is 11.6 Å². The number of aromatic nitrogens is 2. The van der Waals surface area contributed by atoms with Crippen molar-refractivity contribution in [3.63, 3.8) is 0 Å². The molecule has 0 aliphatic heterocycles. The second-order valence-electron chi connectivity index (χ2n) is 7.05. The summed E-state index contributed by atoms with van der Waals surface area (Å²) in [6.07, 6.45) is 5.87. The summed E-state index contributed by atoms with van der Waals surface area (Å²) >= 11 is 0. The van der Waals surface area contributed by atoms with Crippen molar-refractivity contribution in [3.8, 4) is 0 Å². The van der Waals surface area contributed by atoms with Crippen LogP contribution in [0.4, 0.5) is 10.5 Å². The molecule has 1 aromatic carbocycles. The molecule has 144 valence electrons. The van der Waals surface area contributed by atoms with Gasteiger partial charge in [0.05, 0.1) is 12.3 Å². The van der Waals surface area contributed by atoms with Crippen LogP contribution < -0.4 is 10.0 Å². The van der Waals surface area contributed by atoms with E-state index in [0.29, 0.717) is 5.69 Å². The third kappa shape index (κ3) is 3.21. The van der Waals surface area contributed by atoms with Crippen molar-refractivity contribution in [2.75, 3.05) is 5.32 Å². The highest BCUT2D eigenvalue weighted by Crippen LogP contribution is 2.38. The number of aliphatic hydroxyl groups excluding tert-OH is 1. The van der Waals surface area contributed by atoms with Crippen LogP contribution in [0.2, 0.25) is 0 Å². The zero-order valence-corrected chi connectivity index (χ0v) is 15.9. The molecule has 1 aromatic heterocycles. The summed E-state index contributed by atoms with van der Waals surface area (Å²) in [6.45, 7) is -0.340. The molecule has 0 bridgehead atoms. The number of amides is 2. The predicted molar refractivity (Wildman–Crippen MR) is 99.0 cm³/mol. The van der Waals surface area contributed by atoms with Crippen LogP contribution in [0.3, 0.4) is 0 Å². The van der Waals surface area contributed by atoms with E-state index >= 15 is 0 Å². The van der Waals surface area contributed by atoms with E-state index in [2.05, 4.69) is 16.5 Å². The highest BCUT2D eigenvalue weighted by Gasteiger charge is 2.27. The van der Waals surface area contributed by atoms with Gasteiger partial charge in [-0.1, -0.05) is 6.07 Å². The molecule has 2 aliphatic rings. The van der Waals surface area contributed by atoms with Gasteiger partial charge in [0.2, 0.25) is 0 Å². The Morgan fingerprint density at radius 2 is 1.78 bits per heavy atom. The van der Waals surface area contributed by atoms with Crippen molar-refractivity contribution in [2.45, 2.75) is 50.2 Å². The third-order valence-corrected chi connectivity index (χ3v) is 6.53. The van der Waals surface area contributed by atoms with E-state index in [1.807, 2.05) is 4.72 Å². The minimum absolute atomic E-state index is 0.298. The Hall–Kier alpha value is -2.39. The summed E-state index contributed by atoms with van der Waals surface area (Å²) in [4.78, 5) is 12.5. The van der Waals surface area contributed by atoms with Crippen LogP contribution in [0, 0.1) is 0 Å². The lowest BCUT2D eigenvalue weighted by Crippen LogP contribution is -2.35. The normalized spacial score (nSPS) is 15.5. The van der Waals surface area contributed by atoms with Gasteiger partial charge < -0.3 is 10.4 Å². The summed E-state index contributed by atoms with van der Waals surface area (Å²) in [5.41, 5.74) is 5.89. The number of carbonyl (C=O) groups is 1. The lowest BCUT2D eigenvalue weighted by Gasteiger charge is -2.16. The zero-order valence-electron chi connectivity index (χ0n) is 15.1. The largest absolute Gasteiger partial charge is 0.390 e. The number of fused-ring (bicyclic) bond motifs is 2. The molecule has 2 aliphatic carbocycles. The maximum Gasteiger partial charge on any atom is 0.333 e. The molecule has 8 nitrogen and oxygen atoms in total. The van der Waals surface area contributed by atoms with Gasteiger partial charge in [-0.15, -0.1) is 0 Å². The van der Waals surface area contributed by atoms with E-state index in [1.165, 1.54) is 28.9 Å². The molecule has 0 spiro atoms. The summed E-state index contributed by atoms with van der Waals surface area (Å²) in [5, 5.41) is 15.5. The van der Waals surface area contributed by atoms with Gasteiger partial charge in [0.15, 0.2) is 5.03 Å². The fraction of sp³-hybridized carbons (Fsp3) is 0.444. The van der Waals surface area contributed by atoms with Crippen LogP contribution >= 0.6 is 0 Å². The summed E-state index contributed by atoms with van der Waals surface area (Å²) in [6, 6.07) is 2.70. The van der Waals surface area contributed by atoms with Crippen LogP contribution in [0.5, 0.6) is 0 Å². The zero-order chi connectivity index (χ0) is 19.2. The van der Waals surface area contributed by atoms with Gasteiger partial charge in [0.25, 0.3) is 10.0 Å². The molecule has 0 radical (unpaired) electrons. The average Bonchev–Trinajstić information content (AvgIpc) is 3.32. The average molecular weight is 390 g/mol. The van der Waals surface area contributed by atoms with Gasteiger partial charge >= 0.3 is 6.03 Å². The van der Waals surface area contributed by atoms with Gasteiger partial charge in [-0.25, -0.2) is 9.52 Å². The molecule has 0 saturated carbocycles. The van der Waals surface area contributed by atoms with Crippen LogP contribution in [-0.2, 0) is 49.4 Å². The molecule has 0 unspecified atom stereocenters. The van der Waals surface area contributed by atoms with Crippen molar-refractivity contribution < 1.29 is 18.3 Å². The van der Waals surface area contributed by atoms with E-state index in [1.54, 1.807) is 0 Å². The molecule has 0 saturated heterocycles.